The molecule has 0 bridgehead atoms. The number of nitrogens with one attached hydrogen (secondary N) is 1. The van der Waals surface area contributed by atoms with Crippen LogP contribution in [0.5, 0.6) is 0 Å². The highest BCUT2D eigenvalue weighted by molar-refractivity contribution is 9.10. The predicted molar refractivity (Wildman–Crippen MR) is 83.5 cm³/mol. The average molecular weight is 345 g/mol. The summed E-state index contributed by atoms with van der Waals surface area (Å²) in [5.74, 6) is 0. The lowest BCUT2D eigenvalue weighted by Crippen LogP contribution is -2.46. The van der Waals surface area contributed by atoms with E-state index in [2.05, 4.69) is 33.2 Å². The second kappa shape index (κ2) is 7.07. The van der Waals surface area contributed by atoms with E-state index in [1.165, 1.54) is 0 Å². The van der Waals surface area contributed by atoms with Crippen LogP contribution >= 0.6 is 27.7 Å². The number of aliphatic hydroxyl groups is 1. The first-order chi connectivity index (χ1) is 9.19. The monoisotopic (exact) mass is 344 g/mol. The molecule has 0 amide bonds. The summed E-state index contributed by atoms with van der Waals surface area (Å²) >= 11 is 5.36. The second-order valence-electron chi connectivity index (χ2n) is 5.14. The molecule has 2 N–H and O–H groups in total. The molecule has 1 heterocycles. The van der Waals surface area contributed by atoms with E-state index in [9.17, 15) is 5.11 Å². The third kappa shape index (κ3) is 3.94. The van der Waals surface area contributed by atoms with Gasteiger partial charge in [-0.15, -0.1) is 11.8 Å². The molecule has 1 aliphatic rings. The molecule has 19 heavy (non-hydrogen) atoms. The number of halogens is 1. The van der Waals surface area contributed by atoms with Crippen molar-refractivity contribution in [1.29, 1.82) is 0 Å². The number of hydrogen-bond acceptors (Lipinski definition) is 4. The molecule has 0 aromatic carbocycles. The summed E-state index contributed by atoms with van der Waals surface area (Å²) in [6.07, 6.45) is 6.12. The molecule has 1 saturated carbocycles. The van der Waals surface area contributed by atoms with Crippen molar-refractivity contribution in [1.82, 2.24) is 10.3 Å². The van der Waals surface area contributed by atoms with Crippen LogP contribution in [-0.2, 0) is 0 Å². The van der Waals surface area contributed by atoms with Crippen molar-refractivity contribution in [2.24, 2.45) is 0 Å². The Morgan fingerprint density at radius 3 is 3.16 bits per heavy atom. The van der Waals surface area contributed by atoms with Gasteiger partial charge in [0.15, 0.2) is 0 Å². The van der Waals surface area contributed by atoms with Crippen molar-refractivity contribution >= 4 is 27.7 Å². The van der Waals surface area contributed by atoms with Crippen molar-refractivity contribution < 1.29 is 5.11 Å². The molecule has 0 saturated heterocycles. The van der Waals surface area contributed by atoms with Crippen LogP contribution in [0.25, 0.3) is 0 Å². The Balaban J connectivity index is 1.96. The van der Waals surface area contributed by atoms with E-state index in [4.69, 9.17) is 0 Å². The average Bonchev–Trinajstić information content (AvgIpc) is 2.83. The van der Waals surface area contributed by atoms with Crippen molar-refractivity contribution in [3.05, 3.63) is 22.8 Å². The van der Waals surface area contributed by atoms with E-state index < -0.39 is 0 Å². The highest BCUT2D eigenvalue weighted by atomic mass is 79.9. The van der Waals surface area contributed by atoms with E-state index in [1.807, 2.05) is 30.1 Å². The number of aliphatic hydroxyl groups excluding tert-OH is 1. The minimum atomic E-state index is -0.0745. The molecule has 5 heteroatoms. The Morgan fingerprint density at radius 1 is 1.63 bits per heavy atom. The molecule has 0 spiro atoms. The SMILES string of the molecule is CCCNC1(CO)CCC(Sc2ncccc2Br)C1. The molecule has 2 unspecified atom stereocenters. The van der Waals surface area contributed by atoms with Crippen molar-refractivity contribution in [3.63, 3.8) is 0 Å². The quantitative estimate of drug-likeness (QED) is 0.831. The van der Waals surface area contributed by atoms with Crippen LogP contribution in [0.4, 0.5) is 0 Å². The molecule has 1 aromatic rings. The van der Waals surface area contributed by atoms with Gasteiger partial charge < -0.3 is 10.4 Å². The van der Waals surface area contributed by atoms with Crippen LogP contribution in [0.2, 0.25) is 0 Å². The third-order valence-corrected chi connectivity index (χ3v) is 5.81. The molecular formula is C14H21BrN2OS. The molecule has 1 aliphatic carbocycles. The second-order valence-corrected chi connectivity index (χ2v) is 7.28. The zero-order valence-corrected chi connectivity index (χ0v) is 13.6. The van der Waals surface area contributed by atoms with Gasteiger partial charge in [0, 0.05) is 21.5 Å². The summed E-state index contributed by atoms with van der Waals surface area (Å²) in [6.45, 7) is 3.36. The topological polar surface area (TPSA) is 45.1 Å². The fourth-order valence-electron chi connectivity index (χ4n) is 2.54. The smallest absolute Gasteiger partial charge is 0.110 e. The van der Waals surface area contributed by atoms with Crippen LogP contribution in [0, 0.1) is 0 Å². The summed E-state index contributed by atoms with van der Waals surface area (Å²) in [4.78, 5) is 4.41. The van der Waals surface area contributed by atoms with Gasteiger partial charge in [0.1, 0.15) is 5.03 Å². The molecule has 106 valence electrons. The zero-order chi connectivity index (χ0) is 13.7. The Bertz CT molecular complexity index is 418. The summed E-state index contributed by atoms with van der Waals surface area (Å²) in [6, 6.07) is 3.96. The summed E-state index contributed by atoms with van der Waals surface area (Å²) < 4.78 is 1.06. The molecule has 0 radical (unpaired) electrons. The molecule has 1 fully saturated rings. The number of thioether (sulfide) groups is 1. The Kier molecular flexibility index (Phi) is 5.69. The van der Waals surface area contributed by atoms with Crippen molar-refractivity contribution in [2.75, 3.05) is 13.2 Å². The highest BCUT2D eigenvalue weighted by Gasteiger charge is 2.38. The van der Waals surface area contributed by atoms with Gasteiger partial charge in [-0.3, -0.25) is 0 Å². The van der Waals surface area contributed by atoms with Gasteiger partial charge in [-0.25, -0.2) is 4.98 Å². The maximum atomic E-state index is 9.68. The predicted octanol–water partition coefficient (Wildman–Crippen LogP) is 3.22. The molecule has 1 aromatic heterocycles. The Hall–Kier alpha value is -0.100. The van der Waals surface area contributed by atoms with Gasteiger partial charge in [-0.2, -0.15) is 0 Å². The van der Waals surface area contributed by atoms with Gasteiger partial charge in [0.05, 0.1) is 6.61 Å². The van der Waals surface area contributed by atoms with Gasteiger partial charge in [0.25, 0.3) is 0 Å². The van der Waals surface area contributed by atoms with E-state index in [1.54, 1.807) is 0 Å². The lowest BCUT2D eigenvalue weighted by atomic mass is 9.99. The Morgan fingerprint density at radius 2 is 2.47 bits per heavy atom. The van der Waals surface area contributed by atoms with Gasteiger partial charge in [0.2, 0.25) is 0 Å². The molecule has 3 nitrogen and oxygen atoms in total. The first-order valence-electron chi connectivity index (χ1n) is 6.82. The van der Waals surface area contributed by atoms with Gasteiger partial charge >= 0.3 is 0 Å². The van der Waals surface area contributed by atoms with Crippen LogP contribution in [0.1, 0.15) is 32.6 Å². The minimum absolute atomic E-state index is 0.0745. The zero-order valence-electron chi connectivity index (χ0n) is 11.2. The van der Waals surface area contributed by atoms with Crippen LogP contribution in [-0.4, -0.2) is 34.0 Å². The highest BCUT2D eigenvalue weighted by Crippen LogP contribution is 2.41. The first-order valence-corrected chi connectivity index (χ1v) is 8.49. The minimum Gasteiger partial charge on any atom is -0.394 e. The van der Waals surface area contributed by atoms with Gasteiger partial charge in [-0.1, -0.05) is 6.92 Å². The van der Waals surface area contributed by atoms with E-state index in [-0.39, 0.29) is 12.1 Å². The lowest BCUT2D eigenvalue weighted by molar-refractivity contribution is 0.165. The summed E-state index contributed by atoms with van der Waals surface area (Å²) in [5, 5.41) is 14.8. The summed E-state index contributed by atoms with van der Waals surface area (Å²) in [7, 11) is 0. The first kappa shape index (κ1) is 15.3. The van der Waals surface area contributed by atoms with Crippen molar-refractivity contribution in [3.8, 4) is 0 Å². The molecule has 0 aliphatic heterocycles. The third-order valence-electron chi connectivity index (χ3n) is 3.62. The molecular weight excluding hydrogens is 324 g/mol. The van der Waals surface area contributed by atoms with E-state index in [0.717, 1.165) is 41.7 Å². The number of hydrogen-bond donors (Lipinski definition) is 2. The number of nitrogens with zero attached hydrogens (tertiary/aromatic N) is 1. The van der Waals surface area contributed by atoms with Crippen LogP contribution < -0.4 is 5.32 Å². The van der Waals surface area contributed by atoms with Crippen LogP contribution in [0.15, 0.2) is 27.8 Å². The maximum Gasteiger partial charge on any atom is 0.110 e. The van der Waals surface area contributed by atoms with E-state index >= 15 is 0 Å². The largest absolute Gasteiger partial charge is 0.394 e. The normalized spacial score (nSPS) is 26.8. The number of pyridine rings is 1. The maximum absolute atomic E-state index is 9.68. The van der Waals surface area contributed by atoms with Crippen molar-refractivity contribution in [2.45, 2.75) is 48.4 Å². The fraction of sp³-hybridized carbons (Fsp3) is 0.643. The molecule has 2 rings (SSSR count). The number of rotatable bonds is 6. The Labute approximate surface area is 127 Å². The van der Waals surface area contributed by atoms with Crippen LogP contribution in [0.3, 0.4) is 0 Å². The molecule has 2 atom stereocenters. The fourth-order valence-corrected chi connectivity index (χ4v) is 4.34. The van der Waals surface area contributed by atoms with E-state index in [0.29, 0.717) is 5.25 Å². The standard InChI is InChI=1S/C14H21BrN2OS/c1-2-7-17-14(10-18)6-5-11(9-14)19-13-12(15)4-3-8-16-13/h3-4,8,11,17-18H,2,5-7,9-10H2,1H3. The lowest BCUT2D eigenvalue weighted by Gasteiger charge is -2.28. The number of aromatic nitrogens is 1. The summed E-state index contributed by atoms with van der Waals surface area (Å²) in [5.41, 5.74) is -0.0745. The van der Waals surface area contributed by atoms with Gasteiger partial charge in [-0.05, 0) is 60.3 Å².